The summed E-state index contributed by atoms with van der Waals surface area (Å²) in [6.45, 7) is 4.62. The minimum atomic E-state index is -0.537. The van der Waals surface area contributed by atoms with Crippen LogP contribution in [0.1, 0.15) is 48.3 Å². The van der Waals surface area contributed by atoms with Gasteiger partial charge < -0.3 is 9.64 Å². The lowest BCUT2D eigenvalue weighted by Gasteiger charge is -2.20. The third-order valence-corrected chi connectivity index (χ3v) is 4.87. The van der Waals surface area contributed by atoms with Crippen LogP contribution in [0.3, 0.4) is 0 Å². The van der Waals surface area contributed by atoms with Gasteiger partial charge >= 0.3 is 6.03 Å². The summed E-state index contributed by atoms with van der Waals surface area (Å²) in [6, 6.07) is 6.24. The van der Waals surface area contributed by atoms with Crippen molar-refractivity contribution in [1.82, 2.24) is 14.9 Å². The van der Waals surface area contributed by atoms with Crippen molar-refractivity contribution in [3.8, 4) is 11.8 Å². The Kier molecular flexibility index (Phi) is 7.00. The molecule has 0 unspecified atom stereocenters. The molecule has 0 aromatic carbocycles. The Labute approximate surface area is 185 Å². The summed E-state index contributed by atoms with van der Waals surface area (Å²) >= 11 is 0. The lowest BCUT2D eigenvalue weighted by molar-refractivity contribution is -0.128. The number of anilines is 2. The number of likely N-dealkylation sites (tertiary alicyclic amines) is 1. The lowest BCUT2D eigenvalue weighted by atomic mass is 10.2. The number of nitrogens with one attached hydrogen (secondary N) is 1. The Hall–Kier alpha value is -4.00. The summed E-state index contributed by atoms with van der Waals surface area (Å²) in [5.74, 6) is 0.834. The SMILES string of the molecule is CC(C)Oc1cc(NC(=O)N(C)c2ccc(CN3CCCC3=O)c(C=O)n2)ncc1C#N. The van der Waals surface area contributed by atoms with E-state index in [2.05, 4.69) is 15.3 Å². The van der Waals surface area contributed by atoms with Crippen LogP contribution in [-0.4, -0.2) is 52.8 Å². The topological polar surface area (TPSA) is 129 Å². The highest BCUT2D eigenvalue weighted by molar-refractivity contribution is 6.00. The molecule has 3 amide bonds. The van der Waals surface area contributed by atoms with Crippen LogP contribution in [-0.2, 0) is 11.3 Å². The van der Waals surface area contributed by atoms with Gasteiger partial charge in [-0.3, -0.25) is 19.8 Å². The Morgan fingerprint density at radius 3 is 2.84 bits per heavy atom. The standard InChI is InChI=1S/C22H24N6O4/c1-14(2)32-18-9-19(24-11-16(18)10-23)26-22(31)27(3)20-7-6-15(17(13-29)25-20)12-28-8-4-5-21(28)30/h6-7,9,11,13-14H,4-5,8,12H2,1-3H3,(H,24,26,31). The molecule has 0 bridgehead atoms. The number of carbonyl (C=O) groups is 3. The van der Waals surface area contributed by atoms with E-state index in [4.69, 9.17) is 4.74 Å². The summed E-state index contributed by atoms with van der Waals surface area (Å²) in [4.78, 5) is 47.4. The summed E-state index contributed by atoms with van der Waals surface area (Å²) in [6.07, 6.45) is 3.10. The van der Waals surface area contributed by atoms with Crippen LogP contribution in [0.2, 0.25) is 0 Å². The molecule has 10 nitrogen and oxygen atoms in total. The highest BCUT2D eigenvalue weighted by atomic mass is 16.5. The number of nitrogens with zero attached hydrogens (tertiary/aromatic N) is 5. The zero-order valence-corrected chi connectivity index (χ0v) is 18.2. The van der Waals surface area contributed by atoms with Crippen molar-refractivity contribution in [2.24, 2.45) is 0 Å². The Bertz CT molecular complexity index is 1080. The molecule has 10 heteroatoms. The van der Waals surface area contributed by atoms with Crippen LogP contribution >= 0.6 is 0 Å². The molecule has 32 heavy (non-hydrogen) atoms. The molecule has 2 aromatic heterocycles. The minimum absolute atomic E-state index is 0.0538. The van der Waals surface area contributed by atoms with Gasteiger partial charge in [0.2, 0.25) is 5.91 Å². The van der Waals surface area contributed by atoms with Gasteiger partial charge in [0.25, 0.3) is 0 Å². The normalized spacial score (nSPS) is 13.1. The maximum absolute atomic E-state index is 12.7. The summed E-state index contributed by atoms with van der Waals surface area (Å²) < 4.78 is 5.60. The second-order valence-corrected chi connectivity index (χ2v) is 7.58. The quantitative estimate of drug-likeness (QED) is 0.661. The maximum atomic E-state index is 12.7. The van der Waals surface area contributed by atoms with E-state index in [1.807, 2.05) is 19.9 Å². The molecule has 0 spiro atoms. The number of nitriles is 1. The monoisotopic (exact) mass is 436 g/mol. The second kappa shape index (κ2) is 9.87. The first-order chi connectivity index (χ1) is 15.3. The van der Waals surface area contributed by atoms with E-state index in [0.29, 0.717) is 37.1 Å². The van der Waals surface area contributed by atoms with Gasteiger partial charge in [0, 0.05) is 38.2 Å². The fraction of sp³-hybridized carbons (Fsp3) is 0.364. The largest absolute Gasteiger partial charge is 0.489 e. The van der Waals surface area contributed by atoms with Crippen molar-refractivity contribution >= 4 is 29.9 Å². The average Bonchev–Trinajstić information content (AvgIpc) is 3.17. The van der Waals surface area contributed by atoms with E-state index in [1.165, 1.54) is 24.2 Å². The van der Waals surface area contributed by atoms with Crippen LogP contribution in [0.5, 0.6) is 5.75 Å². The first kappa shape index (κ1) is 22.7. The predicted molar refractivity (Wildman–Crippen MR) is 116 cm³/mol. The van der Waals surface area contributed by atoms with E-state index < -0.39 is 6.03 Å². The van der Waals surface area contributed by atoms with Crippen molar-refractivity contribution in [1.29, 1.82) is 5.26 Å². The summed E-state index contributed by atoms with van der Waals surface area (Å²) in [5.41, 5.74) is 1.05. The van der Waals surface area contributed by atoms with E-state index >= 15 is 0 Å². The number of aldehydes is 1. The van der Waals surface area contributed by atoms with Crippen LogP contribution < -0.4 is 15.0 Å². The van der Waals surface area contributed by atoms with E-state index in [1.54, 1.807) is 17.0 Å². The van der Waals surface area contributed by atoms with Crippen LogP contribution in [0.4, 0.5) is 16.4 Å². The van der Waals surface area contributed by atoms with Crippen LogP contribution in [0, 0.1) is 11.3 Å². The predicted octanol–water partition coefficient (Wildman–Crippen LogP) is 2.74. The van der Waals surface area contributed by atoms with Crippen molar-refractivity contribution in [3.63, 3.8) is 0 Å². The molecule has 3 rings (SSSR count). The van der Waals surface area contributed by atoms with E-state index in [9.17, 15) is 19.6 Å². The number of hydrogen-bond acceptors (Lipinski definition) is 7. The van der Waals surface area contributed by atoms with E-state index in [0.717, 1.165) is 6.42 Å². The molecule has 1 aliphatic heterocycles. The molecule has 166 valence electrons. The first-order valence-electron chi connectivity index (χ1n) is 10.2. The molecule has 0 saturated carbocycles. The number of amides is 3. The smallest absolute Gasteiger partial charge is 0.328 e. The highest BCUT2D eigenvalue weighted by Gasteiger charge is 2.22. The molecule has 1 N–H and O–H groups in total. The van der Waals surface area contributed by atoms with Crippen molar-refractivity contribution < 1.29 is 19.1 Å². The lowest BCUT2D eigenvalue weighted by Crippen LogP contribution is -2.32. The molecule has 2 aromatic rings. The van der Waals surface area contributed by atoms with Gasteiger partial charge in [-0.25, -0.2) is 14.8 Å². The van der Waals surface area contributed by atoms with Gasteiger partial charge in [0.15, 0.2) is 6.29 Å². The molecule has 1 saturated heterocycles. The maximum Gasteiger partial charge on any atom is 0.328 e. The van der Waals surface area contributed by atoms with Crippen LogP contribution in [0.25, 0.3) is 0 Å². The molecular formula is C22H24N6O4. The van der Waals surface area contributed by atoms with E-state index in [-0.39, 0.29) is 34.9 Å². The Morgan fingerprint density at radius 1 is 1.44 bits per heavy atom. The van der Waals surface area contributed by atoms with Gasteiger partial charge in [0.1, 0.15) is 34.7 Å². The summed E-state index contributed by atoms with van der Waals surface area (Å²) in [7, 11) is 1.51. The molecule has 1 aliphatic rings. The van der Waals surface area contributed by atoms with Crippen molar-refractivity contribution in [2.75, 3.05) is 23.8 Å². The highest BCUT2D eigenvalue weighted by Crippen LogP contribution is 2.23. The van der Waals surface area contributed by atoms with Crippen molar-refractivity contribution in [2.45, 2.75) is 39.3 Å². The Morgan fingerprint density at radius 2 is 2.22 bits per heavy atom. The third kappa shape index (κ3) is 5.18. The van der Waals surface area contributed by atoms with Gasteiger partial charge in [-0.15, -0.1) is 0 Å². The molecule has 0 aliphatic carbocycles. The number of urea groups is 1. The Balaban J connectivity index is 1.75. The molecule has 3 heterocycles. The molecule has 0 radical (unpaired) electrons. The zero-order valence-electron chi connectivity index (χ0n) is 18.2. The number of ether oxygens (including phenoxy) is 1. The second-order valence-electron chi connectivity index (χ2n) is 7.58. The third-order valence-electron chi connectivity index (χ3n) is 4.87. The van der Waals surface area contributed by atoms with Gasteiger partial charge in [-0.1, -0.05) is 6.07 Å². The van der Waals surface area contributed by atoms with Crippen LogP contribution in [0.15, 0.2) is 24.4 Å². The number of aromatic nitrogens is 2. The number of pyridine rings is 2. The summed E-state index contributed by atoms with van der Waals surface area (Å²) in [5, 5.41) is 11.8. The van der Waals surface area contributed by atoms with Gasteiger partial charge in [-0.05, 0) is 26.3 Å². The van der Waals surface area contributed by atoms with Gasteiger partial charge in [0.05, 0.1) is 12.3 Å². The fourth-order valence-corrected chi connectivity index (χ4v) is 3.23. The molecular weight excluding hydrogens is 412 g/mol. The molecule has 1 fully saturated rings. The zero-order chi connectivity index (χ0) is 23.3. The van der Waals surface area contributed by atoms with Gasteiger partial charge in [-0.2, -0.15) is 5.26 Å². The number of carbonyl (C=O) groups excluding carboxylic acids is 3. The average molecular weight is 436 g/mol. The first-order valence-corrected chi connectivity index (χ1v) is 10.2. The van der Waals surface area contributed by atoms with Crippen molar-refractivity contribution in [3.05, 3.63) is 41.2 Å². The molecule has 0 atom stereocenters. The number of rotatable bonds is 7. The fourth-order valence-electron chi connectivity index (χ4n) is 3.23. The minimum Gasteiger partial charge on any atom is -0.489 e. The number of hydrogen-bond donors (Lipinski definition) is 1.